The van der Waals surface area contributed by atoms with Gasteiger partial charge in [-0.3, -0.25) is 0 Å². The normalized spacial score (nSPS) is 15.9. The average Bonchev–Trinajstić information content (AvgIpc) is 3.64. The molecule has 0 spiro atoms. The van der Waals surface area contributed by atoms with Crippen molar-refractivity contribution in [3.63, 3.8) is 0 Å². The molecule has 6 aromatic carbocycles. The van der Waals surface area contributed by atoms with Gasteiger partial charge in [-0.15, -0.1) is 0 Å². The molecule has 66 heavy (non-hydrogen) atoms. The van der Waals surface area contributed by atoms with E-state index < -0.39 is 22.6 Å². The number of halogens is 3. The highest BCUT2D eigenvalue weighted by Gasteiger charge is 2.51. The lowest BCUT2D eigenvalue weighted by atomic mass is 9.68. The van der Waals surface area contributed by atoms with Crippen molar-refractivity contribution in [1.29, 1.82) is 0 Å². The van der Waals surface area contributed by atoms with Crippen molar-refractivity contribution in [1.82, 2.24) is 0 Å². The van der Waals surface area contributed by atoms with Gasteiger partial charge in [0.15, 0.2) is 12.3 Å². The second kappa shape index (κ2) is 19.2. The highest BCUT2D eigenvalue weighted by Crippen LogP contribution is 2.50. The monoisotopic (exact) mass is 887 g/mol. The van der Waals surface area contributed by atoms with Gasteiger partial charge in [-0.1, -0.05) is 116 Å². The SMILES string of the molecule is Cc1ccc2c(c1)C(Cc1ccccc1)(Cc1ccccc1)C(/C=C/C=C1/N(CCc3ccc(OC(C)C)cc3)c3ccc(C(F)(F)F)cc3C1(C)C)=[N+]2CCc1ccc(OC(C)C)cc1. The van der Waals surface area contributed by atoms with E-state index in [-0.39, 0.29) is 12.2 Å². The smallest absolute Gasteiger partial charge is 0.416 e. The average molecular weight is 888 g/mol. The first-order valence-corrected chi connectivity index (χ1v) is 23.3. The Balaban J connectivity index is 1.25. The van der Waals surface area contributed by atoms with Crippen LogP contribution < -0.4 is 14.4 Å². The number of nitrogens with zero attached hydrogens (tertiary/aromatic N) is 2. The molecule has 0 radical (unpaired) electrons. The first kappa shape index (κ1) is 46.2. The Hall–Kier alpha value is -6.34. The van der Waals surface area contributed by atoms with Gasteiger partial charge in [0.1, 0.15) is 11.5 Å². The molecule has 0 unspecified atom stereocenters. The quantitative estimate of drug-likeness (QED) is 0.0905. The maximum absolute atomic E-state index is 14.3. The minimum atomic E-state index is -4.46. The minimum Gasteiger partial charge on any atom is -0.491 e. The van der Waals surface area contributed by atoms with Crippen molar-refractivity contribution < 1.29 is 27.2 Å². The summed E-state index contributed by atoms with van der Waals surface area (Å²) in [6.45, 7) is 15.7. The van der Waals surface area contributed by atoms with E-state index in [1.165, 1.54) is 51.3 Å². The number of anilines is 1. The van der Waals surface area contributed by atoms with Gasteiger partial charge in [-0.05, 0) is 136 Å². The molecule has 0 amide bonds. The van der Waals surface area contributed by atoms with Gasteiger partial charge in [0.05, 0.1) is 23.2 Å². The number of ether oxygens (including phenoxy) is 2. The fraction of sp³-hybridized carbons (Fsp3) is 0.305. The molecule has 4 nitrogen and oxygen atoms in total. The van der Waals surface area contributed by atoms with Crippen LogP contribution in [0.25, 0.3) is 0 Å². The Morgan fingerprint density at radius 3 is 1.74 bits per heavy atom. The Bertz CT molecular complexity index is 2670. The van der Waals surface area contributed by atoms with Crippen LogP contribution in [-0.2, 0) is 42.7 Å². The number of allylic oxidation sites excluding steroid dienone is 4. The molecule has 0 aromatic heterocycles. The third kappa shape index (κ3) is 10.1. The van der Waals surface area contributed by atoms with E-state index in [0.717, 1.165) is 54.3 Å². The molecule has 0 saturated heterocycles. The standard InChI is InChI=1S/C59H62F3N2O2/c1-41(2)65-49-27-22-44(23-28-49)33-35-63-53-32-26-48(59(60,61)62)38-51(53)57(6,7)55(63)19-14-20-56-58(39-46-15-10-8-11-16-46,40-47-17-12-9-13-18-47)52-37-43(5)21-31-54(52)64(56)36-34-45-24-29-50(30-25-45)66-42(3)4/h8-32,37-38,41-42H,33-36,39-40H2,1-7H3/q+1. The Labute approximate surface area is 389 Å². The molecule has 0 bridgehead atoms. The van der Waals surface area contributed by atoms with Gasteiger partial charge in [0.25, 0.3) is 0 Å². The van der Waals surface area contributed by atoms with Gasteiger partial charge in [-0.2, -0.15) is 17.7 Å². The summed E-state index contributed by atoms with van der Waals surface area (Å²) in [5.74, 6) is 1.67. The summed E-state index contributed by atoms with van der Waals surface area (Å²) in [7, 11) is 0. The van der Waals surface area contributed by atoms with Crippen LogP contribution in [0.4, 0.5) is 24.5 Å². The summed E-state index contributed by atoms with van der Waals surface area (Å²) in [5, 5.41) is 0. The van der Waals surface area contributed by atoms with Crippen LogP contribution in [0.3, 0.4) is 0 Å². The van der Waals surface area contributed by atoms with Gasteiger partial charge < -0.3 is 14.4 Å². The molecule has 7 heteroatoms. The number of hydrogen-bond donors (Lipinski definition) is 0. The summed E-state index contributed by atoms with van der Waals surface area (Å²) in [5.41, 5.74) is 10.3. The number of alkyl halides is 3. The van der Waals surface area contributed by atoms with Crippen molar-refractivity contribution in [2.75, 3.05) is 18.0 Å². The van der Waals surface area contributed by atoms with E-state index in [1.807, 2.05) is 53.7 Å². The second-order valence-electron chi connectivity index (χ2n) is 19.0. The zero-order valence-corrected chi connectivity index (χ0v) is 39.3. The minimum absolute atomic E-state index is 0.0680. The lowest BCUT2D eigenvalue weighted by Crippen LogP contribution is -2.39. The molecule has 6 aromatic rings. The first-order chi connectivity index (χ1) is 31.6. The van der Waals surface area contributed by atoms with E-state index in [9.17, 15) is 13.2 Å². The topological polar surface area (TPSA) is 24.7 Å². The van der Waals surface area contributed by atoms with E-state index in [0.29, 0.717) is 18.5 Å². The molecule has 0 fully saturated rings. The largest absolute Gasteiger partial charge is 0.491 e. The van der Waals surface area contributed by atoms with Crippen LogP contribution in [0.2, 0.25) is 0 Å². The lowest BCUT2D eigenvalue weighted by Gasteiger charge is -2.29. The molecule has 0 saturated carbocycles. The number of fused-ring (bicyclic) bond motifs is 2. The highest BCUT2D eigenvalue weighted by molar-refractivity contribution is 6.04. The van der Waals surface area contributed by atoms with Crippen LogP contribution >= 0.6 is 0 Å². The van der Waals surface area contributed by atoms with Crippen LogP contribution in [0, 0.1) is 6.92 Å². The fourth-order valence-corrected chi connectivity index (χ4v) is 9.93. The molecule has 2 heterocycles. The molecule has 2 aliphatic heterocycles. The molecule has 0 atom stereocenters. The highest BCUT2D eigenvalue weighted by atomic mass is 19.4. The lowest BCUT2D eigenvalue weighted by molar-refractivity contribution is -0.437. The van der Waals surface area contributed by atoms with E-state index in [1.54, 1.807) is 6.07 Å². The third-order valence-electron chi connectivity index (χ3n) is 13.0. The number of benzene rings is 6. The van der Waals surface area contributed by atoms with Crippen LogP contribution in [-0.4, -0.2) is 35.6 Å². The van der Waals surface area contributed by atoms with E-state index >= 15 is 0 Å². The zero-order valence-electron chi connectivity index (χ0n) is 39.3. The van der Waals surface area contributed by atoms with Gasteiger partial charge >= 0.3 is 6.18 Å². The Morgan fingerprint density at radius 1 is 0.636 bits per heavy atom. The molecule has 8 rings (SSSR count). The van der Waals surface area contributed by atoms with Crippen molar-refractivity contribution in [2.45, 2.75) is 103 Å². The maximum Gasteiger partial charge on any atom is 0.416 e. The Kier molecular flexibility index (Phi) is 13.5. The fourth-order valence-electron chi connectivity index (χ4n) is 9.93. The second-order valence-corrected chi connectivity index (χ2v) is 19.0. The summed E-state index contributed by atoms with van der Waals surface area (Å²) < 4.78 is 57.3. The summed E-state index contributed by atoms with van der Waals surface area (Å²) in [6.07, 6.45) is 5.36. The summed E-state index contributed by atoms with van der Waals surface area (Å²) in [6, 6.07) is 49.2. The summed E-state index contributed by atoms with van der Waals surface area (Å²) >= 11 is 0. The summed E-state index contributed by atoms with van der Waals surface area (Å²) in [4.78, 5) is 2.22. The molecule has 0 N–H and O–H groups in total. The molecular weight excluding hydrogens is 826 g/mol. The first-order valence-electron chi connectivity index (χ1n) is 23.3. The predicted octanol–water partition coefficient (Wildman–Crippen LogP) is 14.1. The maximum atomic E-state index is 14.3. The van der Waals surface area contributed by atoms with Crippen molar-refractivity contribution in [2.24, 2.45) is 0 Å². The van der Waals surface area contributed by atoms with Crippen LogP contribution in [0.1, 0.15) is 86.1 Å². The third-order valence-corrected chi connectivity index (χ3v) is 13.0. The molecule has 2 aliphatic rings. The molecule has 0 aliphatic carbocycles. The van der Waals surface area contributed by atoms with Crippen molar-refractivity contribution in [3.05, 3.63) is 214 Å². The zero-order chi connectivity index (χ0) is 46.6. The van der Waals surface area contributed by atoms with Crippen LogP contribution in [0.5, 0.6) is 11.5 Å². The van der Waals surface area contributed by atoms with Gasteiger partial charge in [0.2, 0.25) is 5.69 Å². The molecular formula is C59H62F3N2O2+. The molecule has 340 valence electrons. The van der Waals surface area contributed by atoms with Crippen molar-refractivity contribution in [3.8, 4) is 11.5 Å². The number of rotatable bonds is 16. The number of aryl methyl sites for hydroxylation is 1. The van der Waals surface area contributed by atoms with E-state index in [2.05, 4.69) is 150 Å². The van der Waals surface area contributed by atoms with Crippen molar-refractivity contribution >= 4 is 17.1 Å². The van der Waals surface area contributed by atoms with Crippen LogP contribution in [0.15, 0.2) is 170 Å². The predicted molar refractivity (Wildman–Crippen MR) is 264 cm³/mol. The Morgan fingerprint density at radius 2 is 1.20 bits per heavy atom. The van der Waals surface area contributed by atoms with E-state index in [4.69, 9.17) is 9.47 Å². The van der Waals surface area contributed by atoms with Gasteiger partial charge in [0, 0.05) is 47.5 Å². The van der Waals surface area contributed by atoms with Gasteiger partial charge in [-0.25, -0.2) is 0 Å². The number of hydrogen-bond acceptors (Lipinski definition) is 3.